The number of carbonyl (C=O) groups is 1. The molecule has 0 unspecified atom stereocenters. The van der Waals surface area contributed by atoms with E-state index in [1.807, 2.05) is 11.0 Å². The molecule has 4 rings (SSSR count). The van der Waals surface area contributed by atoms with E-state index in [1.54, 1.807) is 12.3 Å². The summed E-state index contributed by atoms with van der Waals surface area (Å²) in [5.41, 5.74) is 0. The summed E-state index contributed by atoms with van der Waals surface area (Å²) >= 11 is 0. The lowest BCUT2D eigenvalue weighted by Crippen LogP contribution is -2.49. The van der Waals surface area contributed by atoms with E-state index >= 15 is 0 Å². The third kappa shape index (κ3) is 3.21. The van der Waals surface area contributed by atoms with Gasteiger partial charge in [-0.15, -0.1) is 0 Å². The van der Waals surface area contributed by atoms with E-state index in [-0.39, 0.29) is 5.92 Å². The molecule has 0 atom stereocenters. The Labute approximate surface area is 140 Å². The number of piperazine rings is 1. The smallest absolute Gasteiger partial charge is 0.241 e. The van der Waals surface area contributed by atoms with Gasteiger partial charge in [0.2, 0.25) is 17.6 Å². The molecule has 2 aromatic heterocycles. The Morgan fingerprint density at radius 3 is 2.71 bits per heavy atom. The molecule has 7 heteroatoms. The molecule has 3 heterocycles. The van der Waals surface area contributed by atoms with Crippen LogP contribution in [0.5, 0.6) is 0 Å². The van der Waals surface area contributed by atoms with Gasteiger partial charge in [0.1, 0.15) is 0 Å². The lowest BCUT2D eigenvalue weighted by atomic mass is 10.1. The molecule has 1 saturated heterocycles. The molecule has 1 amide bonds. The number of nitrogens with zero attached hydrogens (tertiary/aromatic N) is 4. The first-order valence-corrected chi connectivity index (χ1v) is 8.67. The van der Waals surface area contributed by atoms with Crippen molar-refractivity contribution in [1.82, 2.24) is 19.9 Å². The van der Waals surface area contributed by atoms with Crippen molar-refractivity contribution in [1.29, 1.82) is 0 Å². The highest BCUT2D eigenvalue weighted by atomic mass is 16.5. The van der Waals surface area contributed by atoms with Gasteiger partial charge in [0, 0.05) is 32.1 Å². The first-order valence-electron chi connectivity index (χ1n) is 8.67. The van der Waals surface area contributed by atoms with Crippen LogP contribution in [0.3, 0.4) is 0 Å². The summed E-state index contributed by atoms with van der Waals surface area (Å²) in [6, 6.07) is 3.61. The number of amides is 1. The Balaban J connectivity index is 1.29. The van der Waals surface area contributed by atoms with Gasteiger partial charge in [0.25, 0.3) is 0 Å². The van der Waals surface area contributed by atoms with Crippen LogP contribution in [0.4, 0.5) is 0 Å². The van der Waals surface area contributed by atoms with Crippen molar-refractivity contribution in [2.45, 2.75) is 32.2 Å². The molecular formula is C17H22N4O3. The van der Waals surface area contributed by atoms with Crippen LogP contribution in [0.1, 0.15) is 31.6 Å². The topological polar surface area (TPSA) is 75.6 Å². The largest absolute Gasteiger partial charge is 0.461 e. The molecule has 128 valence electrons. The lowest BCUT2D eigenvalue weighted by molar-refractivity contribution is -0.137. The molecule has 0 spiro atoms. The molecule has 2 fully saturated rings. The minimum absolute atomic E-state index is 0.267. The van der Waals surface area contributed by atoms with Crippen LogP contribution in [0.25, 0.3) is 11.6 Å². The summed E-state index contributed by atoms with van der Waals surface area (Å²) < 4.78 is 10.6. The third-order valence-corrected chi connectivity index (χ3v) is 4.96. The van der Waals surface area contributed by atoms with E-state index in [2.05, 4.69) is 15.0 Å². The zero-order chi connectivity index (χ0) is 16.4. The first-order chi connectivity index (χ1) is 11.8. The molecule has 0 aromatic carbocycles. The molecule has 7 nitrogen and oxygen atoms in total. The second-order valence-corrected chi connectivity index (χ2v) is 6.57. The van der Waals surface area contributed by atoms with Crippen LogP contribution in [-0.2, 0) is 11.3 Å². The van der Waals surface area contributed by atoms with E-state index in [0.29, 0.717) is 29.9 Å². The SMILES string of the molecule is O=C(C1CCCC1)N1CCN(Cc2nc(-c3ccco3)no2)CC1. The Bertz CT molecular complexity index is 668. The van der Waals surface area contributed by atoms with Crippen molar-refractivity contribution in [2.24, 2.45) is 5.92 Å². The highest BCUT2D eigenvalue weighted by Gasteiger charge is 2.29. The summed E-state index contributed by atoms with van der Waals surface area (Å²) in [5, 5.41) is 3.95. The minimum atomic E-state index is 0.267. The van der Waals surface area contributed by atoms with Gasteiger partial charge in [-0.05, 0) is 25.0 Å². The number of carbonyl (C=O) groups excluding carboxylic acids is 1. The van der Waals surface area contributed by atoms with Crippen LogP contribution in [0, 0.1) is 5.92 Å². The highest BCUT2D eigenvalue weighted by molar-refractivity contribution is 5.79. The summed E-state index contributed by atoms with van der Waals surface area (Å²) in [5.74, 6) is 2.28. The normalized spacial score (nSPS) is 19.9. The van der Waals surface area contributed by atoms with Crippen LogP contribution < -0.4 is 0 Å². The average Bonchev–Trinajstić information content (AvgIpc) is 3.36. The van der Waals surface area contributed by atoms with Gasteiger partial charge in [-0.1, -0.05) is 18.0 Å². The highest BCUT2D eigenvalue weighted by Crippen LogP contribution is 2.27. The van der Waals surface area contributed by atoms with Crippen LogP contribution >= 0.6 is 0 Å². The second kappa shape index (κ2) is 6.76. The van der Waals surface area contributed by atoms with Crippen molar-refractivity contribution in [2.75, 3.05) is 26.2 Å². The van der Waals surface area contributed by atoms with Gasteiger partial charge in [-0.25, -0.2) is 0 Å². The fourth-order valence-electron chi connectivity index (χ4n) is 3.57. The van der Waals surface area contributed by atoms with Gasteiger partial charge in [-0.2, -0.15) is 4.98 Å². The maximum Gasteiger partial charge on any atom is 0.241 e. The van der Waals surface area contributed by atoms with Crippen molar-refractivity contribution in [3.8, 4) is 11.6 Å². The van der Waals surface area contributed by atoms with Crippen LogP contribution in [0.15, 0.2) is 27.3 Å². The lowest BCUT2D eigenvalue weighted by Gasteiger charge is -2.35. The van der Waals surface area contributed by atoms with Crippen molar-refractivity contribution < 1.29 is 13.7 Å². The van der Waals surface area contributed by atoms with E-state index in [4.69, 9.17) is 8.94 Å². The zero-order valence-electron chi connectivity index (χ0n) is 13.7. The standard InChI is InChI=1S/C17H22N4O3/c22-17(13-4-1-2-5-13)21-9-7-20(8-10-21)12-15-18-16(19-24-15)14-6-3-11-23-14/h3,6,11,13H,1-2,4-5,7-10,12H2. The molecule has 2 aromatic rings. The Hall–Kier alpha value is -2.15. The quantitative estimate of drug-likeness (QED) is 0.855. The van der Waals surface area contributed by atoms with E-state index < -0.39 is 0 Å². The van der Waals surface area contributed by atoms with Crippen molar-refractivity contribution in [3.05, 3.63) is 24.3 Å². The molecular weight excluding hydrogens is 308 g/mol. The van der Waals surface area contributed by atoms with Crippen LogP contribution in [-0.4, -0.2) is 52.0 Å². The van der Waals surface area contributed by atoms with Crippen LogP contribution in [0.2, 0.25) is 0 Å². The molecule has 2 aliphatic rings. The molecule has 1 aliphatic heterocycles. The minimum Gasteiger partial charge on any atom is -0.461 e. The van der Waals surface area contributed by atoms with Gasteiger partial charge in [-0.3, -0.25) is 9.69 Å². The molecule has 1 saturated carbocycles. The van der Waals surface area contributed by atoms with Gasteiger partial charge >= 0.3 is 0 Å². The molecule has 1 aliphatic carbocycles. The summed E-state index contributed by atoms with van der Waals surface area (Å²) in [4.78, 5) is 21.1. The van der Waals surface area contributed by atoms with Crippen molar-refractivity contribution in [3.63, 3.8) is 0 Å². The third-order valence-electron chi connectivity index (χ3n) is 4.96. The zero-order valence-corrected chi connectivity index (χ0v) is 13.7. The average molecular weight is 330 g/mol. The maximum absolute atomic E-state index is 12.5. The predicted molar refractivity (Wildman–Crippen MR) is 85.8 cm³/mol. The Morgan fingerprint density at radius 1 is 1.21 bits per heavy atom. The number of aromatic nitrogens is 2. The monoisotopic (exact) mass is 330 g/mol. The summed E-state index contributed by atoms with van der Waals surface area (Å²) in [6.07, 6.45) is 6.12. The van der Waals surface area contributed by atoms with E-state index in [1.165, 1.54) is 12.8 Å². The van der Waals surface area contributed by atoms with Gasteiger partial charge in [0.05, 0.1) is 12.8 Å². The maximum atomic E-state index is 12.5. The van der Waals surface area contributed by atoms with Crippen molar-refractivity contribution >= 4 is 5.91 Å². The molecule has 0 radical (unpaired) electrons. The van der Waals surface area contributed by atoms with E-state index in [0.717, 1.165) is 39.0 Å². The second-order valence-electron chi connectivity index (χ2n) is 6.57. The summed E-state index contributed by atoms with van der Waals surface area (Å²) in [6.45, 7) is 3.87. The number of hydrogen-bond donors (Lipinski definition) is 0. The number of hydrogen-bond acceptors (Lipinski definition) is 6. The fourth-order valence-corrected chi connectivity index (χ4v) is 3.57. The van der Waals surface area contributed by atoms with E-state index in [9.17, 15) is 4.79 Å². The van der Waals surface area contributed by atoms with Gasteiger partial charge in [0.15, 0.2) is 5.76 Å². The fraction of sp³-hybridized carbons (Fsp3) is 0.588. The molecule has 0 bridgehead atoms. The number of furan rings is 1. The Kier molecular flexibility index (Phi) is 4.34. The molecule has 0 N–H and O–H groups in total. The number of rotatable bonds is 4. The predicted octanol–water partition coefficient (Wildman–Crippen LogP) is 2.16. The Morgan fingerprint density at radius 2 is 2.00 bits per heavy atom. The summed E-state index contributed by atoms with van der Waals surface area (Å²) in [7, 11) is 0. The van der Waals surface area contributed by atoms with Gasteiger partial charge < -0.3 is 13.8 Å². The first kappa shape index (κ1) is 15.4. The molecule has 24 heavy (non-hydrogen) atoms.